The fourth-order valence-corrected chi connectivity index (χ4v) is 2.80. The Morgan fingerprint density at radius 3 is 2.50 bits per heavy atom. The Balaban J connectivity index is 1.53. The Hall–Kier alpha value is -1.85. The summed E-state index contributed by atoms with van der Waals surface area (Å²) in [5.74, 6) is 0.634. The molecule has 0 atom stereocenters. The Labute approximate surface area is 117 Å². The predicted molar refractivity (Wildman–Crippen MR) is 71.1 cm³/mol. The number of piperidine rings is 1. The molecule has 0 aliphatic carbocycles. The monoisotopic (exact) mass is 277 g/mol. The van der Waals surface area contributed by atoms with Gasteiger partial charge in [-0.25, -0.2) is 0 Å². The van der Waals surface area contributed by atoms with E-state index >= 15 is 0 Å². The van der Waals surface area contributed by atoms with Gasteiger partial charge in [0.15, 0.2) is 5.69 Å². The Morgan fingerprint density at radius 2 is 1.90 bits per heavy atom. The number of aromatic nitrogens is 1. The molecule has 2 aliphatic rings. The lowest BCUT2D eigenvalue weighted by Crippen LogP contribution is -2.57. The first-order valence-corrected chi connectivity index (χ1v) is 7.16. The molecule has 20 heavy (non-hydrogen) atoms. The van der Waals surface area contributed by atoms with E-state index in [0.717, 1.165) is 25.9 Å². The van der Waals surface area contributed by atoms with Crippen molar-refractivity contribution in [1.29, 1.82) is 0 Å². The van der Waals surface area contributed by atoms with Gasteiger partial charge in [-0.05, 0) is 26.2 Å². The fourth-order valence-electron chi connectivity index (χ4n) is 2.80. The quantitative estimate of drug-likeness (QED) is 0.811. The SMILES string of the molecule is Cc1cc(C(=O)N2CC(C(=O)N3CCCCC3)C2)no1. The molecule has 2 aliphatic heterocycles. The summed E-state index contributed by atoms with van der Waals surface area (Å²) in [5.41, 5.74) is 0.325. The Kier molecular flexibility index (Phi) is 3.46. The highest BCUT2D eigenvalue weighted by Gasteiger charge is 2.39. The predicted octanol–water partition coefficient (Wildman–Crippen LogP) is 1.07. The maximum absolute atomic E-state index is 12.2. The van der Waals surface area contributed by atoms with Gasteiger partial charge >= 0.3 is 0 Å². The van der Waals surface area contributed by atoms with Gasteiger partial charge in [0.1, 0.15) is 5.76 Å². The Morgan fingerprint density at radius 1 is 1.20 bits per heavy atom. The van der Waals surface area contributed by atoms with E-state index in [1.54, 1.807) is 17.9 Å². The van der Waals surface area contributed by atoms with E-state index in [9.17, 15) is 9.59 Å². The van der Waals surface area contributed by atoms with E-state index in [-0.39, 0.29) is 17.7 Å². The zero-order chi connectivity index (χ0) is 14.1. The third-order valence-electron chi connectivity index (χ3n) is 4.03. The van der Waals surface area contributed by atoms with E-state index in [1.807, 2.05) is 4.90 Å². The van der Waals surface area contributed by atoms with Crippen LogP contribution in [0.1, 0.15) is 35.5 Å². The minimum absolute atomic E-state index is 0.0370. The van der Waals surface area contributed by atoms with E-state index in [4.69, 9.17) is 4.52 Å². The van der Waals surface area contributed by atoms with Gasteiger partial charge < -0.3 is 14.3 Å². The topological polar surface area (TPSA) is 66.7 Å². The van der Waals surface area contributed by atoms with Crippen molar-refractivity contribution < 1.29 is 14.1 Å². The molecule has 0 spiro atoms. The summed E-state index contributed by atoms with van der Waals surface area (Å²) in [4.78, 5) is 27.9. The molecule has 0 unspecified atom stereocenters. The first-order valence-electron chi connectivity index (χ1n) is 7.16. The van der Waals surface area contributed by atoms with Crippen molar-refractivity contribution in [2.24, 2.45) is 5.92 Å². The molecule has 6 nitrogen and oxygen atoms in total. The summed E-state index contributed by atoms with van der Waals surface area (Å²) in [6, 6.07) is 1.63. The van der Waals surface area contributed by atoms with Crippen molar-refractivity contribution in [2.45, 2.75) is 26.2 Å². The number of nitrogens with zero attached hydrogens (tertiary/aromatic N) is 3. The summed E-state index contributed by atoms with van der Waals surface area (Å²) >= 11 is 0. The van der Waals surface area contributed by atoms with Gasteiger partial charge in [0.2, 0.25) is 5.91 Å². The smallest absolute Gasteiger partial charge is 0.276 e. The molecule has 0 radical (unpaired) electrons. The van der Waals surface area contributed by atoms with Crippen LogP contribution in [-0.2, 0) is 4.79 Å². The van der Waals surface area contributed by atoms with E-state index < -0.39 is 0 Å². The third kappa shape index (κ3) is 2.42. The first kappa shape index (κ1) is 13.1. The molecule has 2 saturated heterocycles. The van der Waals surface area contributed by atoms with Crippen LogP contribution in [0.5, 0.6) is 0 Å². The van der Waals surface area contributed by atoms with E-state index in [2.05, 4.69) is 5.16 Å². The highest BCUT2D eigenvalue weighted by atomic mass is 16.5. The zero-order valence-electron chi connectivity index (χ0n) is 11.7. The minimum Gasteiger partial charge on any atom is -0.361 e. The molecule has 3 heterocycles. The molecule has 6 heteroatoms. The summed E-state index contributed by atoms with van der Waals surface area (Å²) < 4.78 is 4.90. The lowest BCUT2D eigenvalue weighted by molar-refractivity contribution is -0.140. The van der Waals surface area contributed by atoms with Gasteiger partial charge in [-0.15, -0.1) is 0 Å². The van der Waals surface area contributed by atoms with Crippen molar-refractivity contribution in [1.82, 2.24) is 15.0 Å². The highest BCUT2D eigenvalue weighted by Crippen LogP contribution is 2.22. The van der Waals surface area contributed by atoms with Crippen molar-refractivity contribution in [3.05, 3.63) is 17.5 Å². The number of carbonyl (C=O) groups excluding carboxylic acids is 2. The number of hydrogen-bond donors (Lipinski definition) is 0. The summed E-state index contributed by atoms with van der Waals surface area (Å²) in [6.07, 6.45) is 3.41. The Bertz CT molecular complexity index is 513. The van der Waals surface area contributed by atoms with Gasteiger partial charge in [-0.2, -0.15) is 0 Å². The van der Waals surface area contributed by atoms with Crippen LogP contribution in [0.15, 0.2) is 10.6 Å². The summed E-state index contributed by atoms with van der Waals surface area (Å²) in [6.45, 7) is 4.49. The van der Waals surface area contributed by atoms with Crippen molar-refractivity contribution in [3.63, 3.8) is 0 Å². The molecule has 1 aromatic rings. The van der Waals surface area contributed by atoms with Gasteiger partial charge in [0.05, 0.1) is 5.92 Å². The molecular formula is C14H19N3O3. The number of carbonyl (C=O) groups is 2. The third-order valence-corrected chi connectivity index (χ3v) is 4.03. The second kappa shape index (κ2) is 5.26. The largest absolute Gasteiger partial charge is 0.361 e. The molecule has 0 aromatic carbocycles. The van der Waals surface area contributed by atoms with Gasteiger partial charge in [-0.1, -0.05) is 5.16 Å². The number of aryl methyl sites for hydroxylation is 1. The fraction of sp³-hybridized carbons (Fsp3) is 0.643. The van der Waals surface area contributed by atoms with Crippen LogP contribution in [-0.4, -0.2) is 52.9 Å². The summed E-state index contributed by atoms with van der Waals surface area (Å²) in [5, 5.41) is 3.72. The van der Waals surface area contributed by atoms with E-state index in [1.165, 1.54) is 6.42 Å². The van der Waals surface area contributed by atoms with Gasteiger partial charge in [-0.3, -0.25) is 9.59 Å². The lowest BCUT2D eigenvalue weighted by Gasteiger charge is -2.41. The number of amides is 2. The van der Waals surface area contributed by atoms with Crippen LogP contribution >= 0.6 is 0 Å². The van der Waals surface area contributed by atoms with Crippen molar-refractivity contribution in [3.8, 4) is 0 Å². The molecule has 0 saturated carbocycles. The van der Waals surface area contributed by atoms with Crippen LogP contribution in [0.4, 0.5) is 0 Å². The molecule has 108 valence electrons. The molecule has 2 amide bonds. The van der Waals surface area contributed by atoms with E-state index in [0.29, 0.717) is 24.5 Å². The van der Waals surface area contributed by atoms with Crippen LogP contribution in [0.3, 0.4) is 0 Å². The molecule has 2 fully saturated rings. The van der Waals surface area contributed by atoms with Crippen LogP contribution in [0.2, 0.25) is 0 Å². The number of rotatable bonds is 2. The molecule has 0 bridgehead atoms. The van der Waals surface area contributed by atoms with Crippen molar-refractivity contribution >= 4 is 11.8 Å². The maximum atomic E-state index is 12.2. The second-order valence-corrected chi connectivity index (χ2v) is 5.62. The first-order chi connectivity index (χ1) is 9.65. The maximum Gasteiger partial charge on any atom is 0.276 e. The van der Waals surface area contributed by atoms with Crippen LogP contribution in [0.25, 0.3) is 0 Å². The minimum atomic E-state index is -0.149. The average Bonchev–Trinajstić information content (AvgIpc) is 2.84. The standard InChI is InChI=1S/C14H19N3O3/c1-10-7-12(15-20-10)14(19)17-8-11(9-17)13(18)16-5-3-2-4-6-16/h7,11H,2-6,8-9H2,1H3. The highest BCUT2D eigenvalue weighted by molar-refractivity contribution is 5.94. The number of likely N-dealkylation sites (tertiary alicyclic amines) is 2. The average molecular weight is 277 g/mol. The van der Waals surface area contributed by atoms with Crippen molar-refractivity contribution in [2.75, 3.05) is 26.2 Å². The van der Waals surface area contributed by atoms with Crippen LogP contribution in [0, 0.1) is 12.8 Å². The second-order valence-electron chi connectivity index (χ2n) is 5.62. The van der Waals surface area contributed by atoms with Gasteiger partial charge in [0.25, 0.3) is 5.91 Å². The molecule has 0 N–H and O–H groups in total. The summed E-state index contributed by atoms with van der Waals surface area (Å²) in [7, 11) is 0. The molecule has 1 aromatic heterocycles. The number of hydrogen-bond acceptors (Lipinski definition) is 4. The zero-order valence-corrected chi connectivity index (χ0v) is 11.7. The normalized spacial score (nSPS) is 19.9. The molecule has 3 rings (SSSR count). The lowest BCUT2D eigenvalue weighted by atomic mass is 9.96. The van der Waals surface area contributed by atoms with Crippen LogP contribution < -0.4 is 0 Å². The molecular weight excluding hydrogens is 258 g/mol. The van der Waals surface area contributed by atoms with Gasteiger partial charge in [0, 0.05) is 32.2 Å².